The third kappa shape index (κ3) is 5.42. The third-order valence-electron chi connectivity index (χ3n) is 5.32. The Kier molecular flexibility index (Phi) is 7.20. The Hall–Kier alpha value is -2.66. The molecule has 1 aliphatic heterocycles. The van der Waals surface area contributed by atoms with Crippen LogP contribution in [0, 0.1) is 12.8 Å². The standard InChI is InChI=1S/C23H28N2O3/c1-18-8-5-6-12-21(18)22(19-9-3-2-4-10-19)16-24-28-15-14-25-13-7-11-20(17-25)23(26)27/h2-6,8-10,12,16,20,22H,7,11,13-15,17H2,1H3,(H,26,27)/b24-16+/t20-,22?/m1/s1. The zero-order valence-electron chi connectivity index (χ0n) is 16.3. The summed E-state index contributed by atoms with van der Waals surface area (Å²) in [5, 5.41) is 13.4. The van der Waals surface area contributed by atoms with Crippen LogP contribution in [0.25, 0.3) is 0 Å². The second-order valence-corrected chi connectivity index (χ2v) is 7.31. The average molecular weight is 380 g/mol. The lowest BCUT2D eigenvalue weighted by atomic mass is 9.89. The summed E-state index contributed by atoms with van der Waals surface area (Å²) in [5.74, 6) is -0.929. The van der Waals surface area contributed by atoms with Crippen LogP contribution >= 0.6 is 0 Å². The quantitative estimate of drug-likeness (QED) is 0.428. The first-order chi connectivity index (χ1) is 13.6. The monoisotopic (exact) mass is 380 g/mol. The molecule has 0 amide bonds. The number of likely N-dealkylation sites (tertiary alicyclic amines) is 1. The maximum Gasteiger partial charge on any atom is 0.307 e. The number of carboxylic acid groups (broad SMARTS) is 1. The van der Waals surface area contributed by atoms with E-state index in [1.165, 1.54) is 16.7 Å². The number of carbonyl (C=O) groups is 1. The smallest absolute Gasteiger partial charge is 0.307 e. The molecule has 5 nitrogen and oxygen atoms in total. The van der Waals surface area contributed by atoms with Crippen LogP contribution in [0.3, 0.4) is 0 Å². The highest BCUT2D eigenvalue weighted by Gasteiger charge is 2.25. The minimum Gasteiger partial charge on any atom is -0.481 e. The van der Waals surface area contributed by atoms with Gasteiger partial charge in [0.2, 0.25) is 0 Å². The van der Waals surface area contributed by atoms with Crippen LogP contribution in [-0.2, 0) is 9.63 Å². The number of oxime groups is 1. The molecule has 0 bridgehead atoms. The Bertz CT molecular complexity index is 791. The first-order valence-corrected chi connectivity index (χ1v) is 9.86. The average Bonchev–Trinajstić information content (AvgIpc) is 2.72. The highest BCUT2D eigenvalue weighted by atomic mass is 16.6. The van der Waals surface area contributed by atoms with Gasteiger partial charge in [-0.25, -0.2) is 0 Å². The van der Waals surface area contributed by atoms with E-state index in [2.05, 4.69) is 41.2 Å². The van der Waals surface area contributed by atoms with Crippen molar-refractivity contribution >= 4 is 12.2 Å². The number of benzene rings is 2. The molecule has 0 saturated carbocycles. The minimum absolute atomic E-state index is 0.0359. The fraction of sp³-hybridized carbons (Fsp3) is 0.391. The summed E-state index contributed by atoms with van der Waals surface area (Å²) in [6.45, 7) is 4.78. The number of carboxylic acids is 1. The van der Waals surface area contributed by atoms with Crippen molar-refractivity contribution in [3.63, 3.8) is 0 Å². The minimum atomic E-state index is -0.701. The second-order valence-electron chi connectivity index (χ2n) is 7.31. The molecule has 3 rings (SSSR count). The number of hydrogen-bond donors (Lipinski definition) is 1. The summed E-state index contributed by atoms with van der Waals surface area (Å²) in [6, 6.07) is 18.6. The van der Waals surface area contributed by atoms with E-state index in [0.717, 1.165) is 19.4 Å². The van der Waals surface area contributed by atoms with E-state index < -0.39 is 5.97 Å². The van der Waals surface area contributed by atoms with Gasteiger partial charge in [-0.1, -0.05) is 59.8 Å². The molecule has 2 atom stereocenters. The molecule has 2 aromatic rings. The molecule has 0 aromatic heterocycles. The summed E-state index contributed by atoms with van der Waals surface area (Å²) in [5.41, 5.74) is 3.60. The first-order valence-electron chi connectivity index (χ1n) is 9.86. The van der Waals surface area contributed by atoms with Crippen molar-refractivity contribution in [3.8, 4) is 0 Å². The summed E-state index contributed by atoms with van der Waals surface area (Å²) < 4.78 is 0. The Morgan fingerprint density at radius 1 is 1.25 bits per heavy atom. The maximum atomic E-state index is 11.2. The molecule has 1 aliphatic rings. The molecule has 148 valence electrons. The second kappa shape index (κ2) is 10.0. The topological polar surface area (TPSA) is 62.1 Å². The Morgan fingerprint density at radius 3 is 2.75 bits per heavy atom. The van der Waals surface area contributed by atoms with Gasteiger partial charge in [0.15, 0.2) is 0 Å². The summed E-state index contributed by atoms with van der Waals surface area (Å²) in [4.78, 5) is 18.8. The van der Waals surface area contributed by atoms with E-state index in [1.807, 2.05) is 36.5 Å². The zero-order chi connectivity index (χ0) is 19.8. The van der Waals surface area contributed by atoms with E-state index >= 15 is 0 Å². The highest BCUT2D eigenvalue weighted by Crippen LogP contribution is 2.25. The van der Waals surface area contributed by atoms with Gasteiger partial charge in [-0.2, -0.15) is 0 Å². The van der Waals surface area contributed by atoms with Gasteiger partial charge in [0.05, 0.1) is 12.1 Å². The fourth-order valence-electron chi connectivity index (χ4n) is 3.73. The van der Waals surface area contributed by atoms with Crippen molar-refractivity contribution in [1.82, 2.24) is 4.90 Å². The Balaban J connectivity index is 1.58. The molecule has 1 heterocycles. The van der Waals surface area contributed by atoms with Gasteiger partial charge in [0.1, 0.15) is 6.61 Å². The predicted octanol–water partition coefficient (Wildman–Crippen LogP) is 3.93. The van der Waals surface area contributed by atoms with E-state index in [1.54, 1.807) is 0 Å². The Morgan fingerprint density at radius 2 is 2.00 bits per heavy atom. The lowest BCUT2D eigenvalue weighted by Gasteiger charge is -2.29. The molecule has 28 heavy (non-hydrogen) atoms. The van der Waals surface area contributed by atoms with Gasteiger partial charge in [0.25, 0.3) is 0 Å². The zero-order valence-corrected chi connectivity index (χ0v) is 16.3. The largest absolute Gasteiger partial charge is 0.481 e. The molecule has 5 heteroatoms. The van der Waals surface area contributed by atoms with Gasteiger partial charge in [0, 0.05) is 19.0 Å². The van der Waals surface area contributed by atoms with Gasteiger partial charge in [-0.15, -0.1) is 0 Å². The number of nitrogens with zero attached hydrogens (tertiary/aromatic N) is 2. The molecule has 0 radical (unpaired) electrons. The number of piperidine rings is 1. The number of aliphatic carboxylic acids is 1. The number of rotatable bonds is 8. The number of hydrogen-bond acceptors (Lipinski definition) is 4. The van der Waals surface area contributed by atoms with E-state index in [0.29, 0.717) is 19.7 Å². The fourth-order valence-corrected chi connectivity index (χ4v) is 3.73. The molecule has 1 unspecified atom stereocenters. The van der Waals surface area contributed by atoms with Gasteiger partial charge >= 0.3 is 5.97 Å². The summed E-state index contributed by atoms with van der Waals surface area (Å²) in [6.07, 6.45) is 3.54. The molecule has 2 aromatic carbocycles. The Labute approximate surface area is 166 Å². The van der Waals surface area contributed by atoms with Crippen LogP contribution in [0.5, 0.6) is 0 Å². The van der Waals surface area contributed by atoms with Crippen molar-refractivity contribution in [1.29, 1.82) is 0 Å². The van der Waals surface area contributed by atoms with Crippen molar-refractivity contribution in [2.24, 2.45) is 11.1 Å². The lowest BCUT2D eigenvalue weighted by molar-refractivity contribution is -0.143. The van der Waals surface area contributed by atoms with Gasteiger partial charge in [-0.05, 0) is 43.0 Å². The van der Waals surface area contributed by atoms with E-state index in [9.17, 15) is 9.90 Å². The van der Waals surface area contributed by atoms with E-state index in [4.69, 9.17) is 4.84 Å². The van der Waals surface area contributed by atoms with E-state index in [-0.39, 0.29) is 11.8 Å². The van der Waals surface area contributed by atoms with Crippen molar-refractivity contribution in [2.45, 2.75) is 25.7 Å². The van der Waals surface area contributed by atoms with Crippen molar-refractivity contribution < 1.29 is 14.7 Å². The van der Waals surface area contributed by atoms with Crippen molar-refractivity contribution in [3.05, 3.63) is 71.3 Å². The van der Waals surface area contributed by atoms with Gasteiger partial charge in [-0.3, -0.25) is 9.69 Å². The lowest BCUT2D eigenvalue weighted by Crippen LogP contribution is -2.40. The maximum absolute atomic E-state index is 11.2. The first kappa shape index (κ1) is 20.1. The molecular formula is C23H28N2O3. The third-order valence-corrected chi connectivity index (χ3v) is 5.32. The molecule has 1 saturated heterocycles. The molecular weight excluding hydrogens is 352 g/mol. The molecule has 0 spiro atoms. The van der Waals surface area contributed by atoms with Crippen LogP contribution in [0.1, 0.15) is 35.4 Å². The number of aryl methyl sites for hydroxylation is 1. The molecule has 1 fully saturated rings. The van der Waals surface area contributed by atoms with Crippen molar-refractivity contribution in [2.75, 3.05) is 26.2 Å². The highest BCUT2D eigenvalue weighted by molar-refractivity contribution is 5.73. The van der Waals surface area contributed by atoms with Crippen LogP contribution in [-0.4, -0.2) is 48.4 Å². The predicted molar refractivity (Wildman–Crippen MR) is 111 cm³/mol. The normalized spacial score (nSPS) is 18.8. The molecule has 1 N–H and O–H groups in total. The van der Waals surface area contributed by atoms with Crippen LogP contribution < -0.4 is 0 Å². The summed E-state index contributed by atoms with van der Waals surface area (Å²) >= 11 is 0. The SMILES string of the molecule is Cc1ccccc1C(/C=N/OCCN1CCC[C@@H](C(=O)O)C1)c1ccccc1. The van der Waals surface area contributed by atoms with Crippen LogP contribution in [0.4, 0.5) is 0 Å². The van der Waals surface area contributed by atoms with Gasteiger partial charge < -0.3 is 9.94 Å². The summed E-state index contributed by atoms with van der Waals surface area (Å²) in [7, 11) is 0. The van der Waals surface area contributed by atoms with Crippen LogP contribution in [0.15, 0.2) is 59.8 Å². The van der Waals surface area contributed by atoms with Crippen LogP contribution in [0.2, 0.25) is 0 Å². The molecule has 0 aliphatic carbocycles.